The van der Waals surface area contributed by atoms with Crippen molar-refractivity contribution in [2.75, 3.05) is 19.8 Å². The molecule has 1 saturated carbocycles. The van der Waals surface area contributed by atoms with E-state index in [4.69, 9.17) is 15.2 Å². The van der Waals surface area contributed by atoms with E-state index in [1.165, 1.54) is 0 Å². The van der Waals surface area contributed by atoms with E-state index < -0.39 is 11.3 Å². The Bertz CT molecular complexity index is 692. The summed E-state index contributed by atoms with van der Waals surface area (Å²) in [6.45, 7) is 6.00. The smallest absolute Gasteiger partial charge is 0.247 e. The maximum atomic E-state index is 12.8. The van der Waals surface area contributed by atoms with Gasteiger partial charge in [0.25, 0.3) is 0 Å². The van der Waals surface area contributed by atoms with Crippen LogP contribution in [0, 0.1) is 23.2 Å². The van der Waals surface area contributed by atoms with Crippen LogP contribution in [0.1, 0.15) is 39.5 Å². The molecule has 0 aromatic rings. The predicted octanol–water partition coefficient (Wildman–Crippen LogP) is 1.66. The molecule has 4 aliphatic rings. The highest BCUT2D eigenvalue weighted by Crippen LogP contribution is 2.49. The van der Waals surface area contributed by atoms with E-state index in [9.17, 15) is 9.59 Å². The van der Waals surface area contributed by atoms with Gasteiger partial charge in [-0.2, -0.15) is 0 Å². The minimum atomic E-state index is -0.953. The first kappa shape index (κ1) is 17.6. The monoisotopic (exact) mass is 360 g/mol. The van der Waals surface area contributed by atoms with E-state index in [2.05, 4.69) is 12.2 Å². The van der Waals surface area contributed by atoms with Crippen LogP contribution in [0.4, 0.5) is 0 Å². The van der Waals surface area contributed by atoms with Crippen LogP contribution in [0.3, 0.4) is 0 Å². The zero-order valence-electron chi connectivity index (χ0n) is 15.5. The number of carbonyl (C=O) groups excluding carboxylic acids is 2. The zero-order valence-corrected chi connectivity index (χ0v) is 15.5. The molecule has 2 heterocycles. The van der Waals surface area contributed by atoms with Crippen LogP contribution < -0.4 is 11.1 Å². The molecule has 2 unspecified atom stereocenters. The van der Waals surface area contributed by atoms with Crippen LogP contribution in [0.15, 0.2) is 23.0 Å². The first-order valence-corrected chi connectivity index (χ1v) is 9.66. The molecule has 2 fully saturated rings. The first-order chi connectivity index (χ1) is 12.4. The lowest BCUT2D eigenvalue weighted by Gasteiger charge is -2.32. The van der Waals surface area contributed by atoms with Gasteiger partial charge in [-0.1, -0.05) is 6.92 Å². The third-order valence-electron chi connectivity index (χ3n) is 6.54. The fourth-order valence-electron chi connectivity index (χ4n) is 4.50. The van der Waals surface area contributed by atoms with Gasteiger partial charge in [0.1, 0.15) is 11.2 Å². The molecular formula is C20H28N2O4. The van der Waals surface area contributed by atoms with Gasteiger partial charge in [0, 0.05) is 30.7 Å². The Morgan fingerprint density at radius 1 is 1.31 bits per heavy atom. The lowest BCUT2D eigenvalue weighted by atomic mass is 9.71. The molecule has 0 aromatic heterocycles. The Kier molecular flexibility index (Phi) is 4.34. The van der Waals surface area contributed by atoms with Gasteiger partial charge in [0.2, 0.25) is 11.8 Å². The molecule has 0 radical (unpaired) electrons. The van der Waals surface area contributed by atoms with E-state index >= 15 is 0 Å². The summed E-state index contributed by atoms with van der Waals surface area (Å²) in [5.74, 6) is 1.36. The largest absolute Gasteiger partial charge is 0.496 e. The zero-order chi connectivity index (χ0) is 18.5. The molecular weight excluding hydrogens is 332 g/mol. The van der Waals surface area contributed by atoms with Crippen LogP contribution in [-0.4, -0.2) is 37.7 Å². The number of nitrogens with two attached hydrogens (primary N) is 1. The number of allylic oxidation sites excluding steroid dienone is 1. The van der Waals surface area contributed by atoms with Gasteiger partial charge in [-0.05, 0) is 56.1 Å². The predicted molar refractivity (Wildman–Crippen MR) is 95.7 cm³/mol. The van der Waals surface area contributed by atoms with E-state index in [0.717, 1.165) is 38.0 Å². The van der Waals surface area contributed by atoms with Crippen LogP contribution in [0.2, 0.25) is 0 Å². The summed E-state index contributed by atoms with van der Waals surface area (Å²) in [4.78, 5) is 25.0. The Hall–Kier alpha value is -1.82. The summed E-state index contributed by atoms with van der Waals surface area (Å²) >= 11 is 0. The third kappa shape index (κ3) is 2.94. The molecule has 2 aliphatic heterocycles. The van der Waals surface area contributed by atoms with Crippen molar-refractivity contribution in [3.05, 3.63) is 23.0 Å². The van der Waals surface area contributed by atoms with Gasteiger partial charge in [0.15, 0.2) is 0 Å². The normalized spacial score (nSPS) is 36.8. The Morgan fingerprint density at radius 3 is 2.62 bits per heavy atom. The summed E-state index contributed by atoms with van der Waals surface area (Å²) in [6, 6.07) is 0.254. The maximum absolute atomic E-state index is 12.8. The van der Waals surface area contributed by atoms with Crippen molar-refractivity contribution in [2.45, 2.75) is 45.6 Å². The van der Waals surface area contributed by atoms with Crippen molar-refractivity contribution in [3.8, 4) is 0 Å². The van der Waals surface area contributed by atoms with Crippen LogP contribution in [-0.2, 0) is 19.1 Å². The lowest BCUT2D eigenvalue weighted by molar-refractivity contribution is -0.127. The molecule has 4 rings (SSSR count). The molecule has 2 amide bonds. The van der Waals surface area contributed by atoms with Crippen molar-refractivity contribution < 1.29 is 19.1 Å². The van der Waals surface area contributed by atoms with E-state index in [1.54, 1.807) is 6.92 Å². The Morgan fingerprint density at radius 2 is 2.00 bits per heavy atom. The van der Waals surface area contributed by atoms with Gasteiger partial charge < -0.3 is 20.5 Å². The topological polar surface area (TPSA) is 90.7 Å². The molecule has 6 heteroatoms. The first-order valence-electron chi connectivity index (χ1n) is 9.66. The number of rotatable bonds is 4. The second-order valence-electron chi connectivity index (χ2n) is 8.49. The molecule has 26 heavy (non-hydrogen) atoms. The van der Waals surface area contributed by atoms with Crippen molar-refractivity contribution in [1.29, 1.82) is 0 Å². The van der Waals surface area contributed by atoms with E-state index in [1.807, 2.05) is 6.08 Å². The highest BCUT2D eigenvalue weighted by Gasteiger charge is 2.49. The summed E-state index contributed by atoms with van der Waals surface area (Å²) < 4.78 is 11.5. The van der Waals surface area contributed by atoms with Crippen molar-refractivity contribution in [2.24, 2.45) is 28.9 Å². The second-order valence-corrected chi connectivity index (χ2v) is 8.49. The van der Waals surface area contributed by atoms with Crippen LogP contribution in [0.5, 0.6) is 0 Å². The van der Waals surface area contributed by atoms with Gasteiger partial charge >= 0.3 is 0 Å². The van der Waals surface area contributed by atoms with Crippen molar-refractivity contribution >= 4 is 11.8 Å². The Balaban J connectivity index is 1.64. The molecule has 4 atom stereocenters. The van der Waals surface area contributed by atoms with E-state index in [-0.39, 0.29) is 17.9 Å². The Labute approximate surface area is 154 Å². The molecule has 0 spiro atoms. The summed E-state index contributed by atoms with van der Waals surface area (Å²) in [5.41, 5.74) is 6.44. The number of amides is 2. The number of primary amides is 1. The fraction of sp³-hybridized carbons (Fsp3) is 0.700. The summed E-state index contributed by atoms with van der Waals surface area (Å²) in [6.07, 6.45) is 5.25. The van der Waals surface area contributed by atoms with Crippen LogP contribution in [0.25, 0.3) is 0 Å². The highest BCUT2D eigenvalue weighted by molar-refractivity contribution is 5.97. The molecule has 0 bridgehead atoms. The van der Waals surface area contributed by atoms with Gasteiger partial charge in [-0.3, -0.25) is 9.59 Å². The molecule has 6 nitrogen and oxygen atoms in total. The molecule has 2 aliphatic carbocycles. The fourth-order valence-corrected chi connectivity index (χ4v) is 4.50. The lowest BCUT2D eigenvalue weighted by Crippen LogP contribution is -2.41. The van der Waals surface area contributed by atoms with Gasteiger partial charge in [0.05, 0.1) is 6.61 Å². The van der Waals surface area contributed by atoms with Crippen LogP contribution >= 0.6 is 0 Å². The third-order valence-corrected chi connectivity index (χ3v) is 6.54. The quantitative estimate of drug-likeness (QED) is 0.798. The highest BCUT2D eigenvalue weighted by atomic mass is 16.5. The average Bonchev–Trinajstić information content (AvgIpc) is 3.14. The molecule has 3 N–H and O–H groups in total. The summed E-state index contributed by atoms with van der Waals surface area (Å²) in [7, 11) is 0. The van der Waals surface area contributed by atoms with E-state index in [0.29, 0.717) is 36.2 Å². The van der Waals surface area contributed by atoms with Crippen molar-refractivity contribution in [1.82, 2.24) is 5.32 Å². The molecule has 0 aromatic carbocycles. The number of ether oxygens (including phenoxy) is 2. The minimum absolute atomic E-state index is 0.0731. The standard InChI is InChI=1S/C20H28N2O4/c1-11-7-16(11)22-18(23)13-8-14-15(12-3-5-25-6-4-12)10-26-17(14)20(2,9-13)19(21)24/h8,11-12,15-16H,3-7,9-10H2,1-2H3,(H2,21,24)(H,22,23)/t11-,15?,16-,20?/m0/s1. The number of carbonyl (C=O) groups is 2. The van der Waals surface area contributed by atoms with Gasteiger partial charge in [-0.15, -0.1) is 0 Å². The molecule has 142 valence electrons. The average molecular weight is 360 g/mol. The van der Waals surface area contributed by atoms with Crippen molar-refractivity contribution in [3.63, 3.8) is 0 Å². The van der Waals surface area contributed by atoms with Gasteiger partial charge in [-0.25, -0.2) is 0 Å². The second kappa shape index (κ2) is 6.41. The SMILES string of the molecule is C[C@H]1C[C@@H]1NC(=O)C1=CC2=C(OCC2C2CCOCC2)C(C)(C(N)=O)C1. The number of hydrogen-bond donors (Lipinski definition) is 2. The molecule has 1 saturated heterocycles. The number of hydrogen-bond acceptors (Lipinski definition) is 4. The minimum Gasteiger partial charge on any atom is -0.496 e. The maximum Gasteiger partial charge on any atom is 0.247 e. The summed E-state index contributed by atoms with van der Waals surface area (Å²) in [5, 5.41) is 3.08. The number of nitrogens with one attached hydrogen (secondary N) is 1.